The average molecular weight is 207 g/mol. The molecule has 0 saturated heterocycles. The number of hydrogen-bond acceptors (Lipinski definition) is 5. The Morgan fingerprint density at radius 3 is 3.07 bits per heavy atom. The number of aromatic nitrogens is 2. The Labute approximate surface area is 87.7 Å². The molecule has 0 aliphatic heterocycles. The summed E-state index contributed by atoms with van der Waals surface area (Å²) >= 11 is 0. The lowest BCUT2D eigenvalue weighted by Crippen LogP contribution is -2.09. The third kappa shape index (κ3) is 2.34. The van der Waals surface area contributed by atoms with Crippen LogP contribution in [0.2, 0.25) is 0 Å². The number of aliphatic hydroxyl groups excluding tert-OH is 1. The highest BCUT2D eigenvalue weighted by molar-refractivity contribution is 5.07. The number of nitriles is 1. The van der Waals surface area contributed by atoms with Gasteiger partial charge in [0.05, 0.1) is 25.0 Å². The molecule has 0 amide bonds. The average Bonchev–Trinajstić information content (AvgIpc) is 2.74. The maximum absolute atomic E-state index is 9.37. The Morgan fingerprint density at radius 2 is 2.47 bits per heavy atom. The summed E-state index contributed by atoms with van der Waals surface area (Å²) in [5, 5.41) is 21.6. The summed E-state index contributed by atoms with van der Waals surface area (Å²) in [7, 11) is 0. The predicted octanol–water partition coefficient (Wildman–Crippen LogP) is 1.01. The maximum atomic E-state index is 9.37. The molecular formula is C10H13N3O2. The Bertz CT molecular complexity index is 382. The van der Waals surface area contributed by atoms with E-state index in [0.717, 1.165) is 12.2 Å². The van der Waals surface area contributed by atoms with Crippen molar-refractivity contribution < 1.29 is 9.63 Å². The third-order valence-electron chi connectivity index (χ3n) is 2.66. The Hall–Kier alpha value is -1.41. The molecule has 1 N–H and O–H groups in total. The van der Waals surface area contributed by atoms with E-state index in [-0.39, 0.29) is 12.8 Å². The molecule has 1 saturated carbocycles. The first-order valence-electron chi connectivity index (χ1n) is 5.08. The standard InChI is InChI=1S/C10H13N3O2/c1-6-4-8(6)10-12-9(15-13-10)5-7(14)2-3-11/h6-8,14H,2,4-5H2,1H3. The summed E-state index contributed by atoms with van der Waals surface area (Å²) in [6, 6.07) is 1.90. The molecule has 3 atom stereocenters. The first-order valence-corrected chi connectivity index (χ1v) is 5.08. The van der Waals surface area contributed by atoms with Crippen LogP contribution in [0.3, 0.4) is 0 Å². The van der Waals surface area contributed by atoms with Crippen LogP contribution in [-0.4, -0.2) is 21.4 Å². The van der Waals surface area contributed by atoms with Crippen molar-refractivity contribution in [2.24, 2.45) is 5.92 Å². The Balaban J connectivity index is 1.93. The molecule has 1 aliphatic rings. The van der Waals surface area contributed by atoms with Crippen molar-refractivity contribution in [2.45, 2.75) is 38.2 Å². The monoisotopic (exact) mass is 207 g/mol. The van der Waals surface area contributed by atoms with E-state index in [1.54, 1.807) is 0 Å². The van der Waals surface area contributed by atoms with Crippen molar-refractivity contribution in [2.75, 3.05) is 0 Å². The van der Waals surface area contributed by atoms with Gasteiger partial charge < -0.3 is 9.63 Å². The van der Waals surface area contributed by atoms with Crippen molar-refractivity contribution in [3.8, 4) is 6.07 Å². The second-order valence-corrected chi connectivity index (χ2v) is 4.09. The summed E-state index contributed by atoms with van der Waals surface area (Å²) in [5.74, 6) is 2.23. The molecule has 5 nitrogen and oxygen atoms in total. The van der Waals surface area contributed by atoms with Crippen LogP contribution in [0.1, 0.15) is 37.4 Å². The SMILES string of the molecule is CC1CC1c1noc(CC(O)CC#N)n1. The molecule has 80 valence electrons. The molecule has 1 aromatic heterocycles. The fraction of sp³-hybridized carbons (Fsp3) is 0.700. The van der Waals surface area contributed by atoms with E-state index in [9.17, 15) is 5.11 Å². The maximum Gasteiger partial charge on any atom is 0.229 e. The second-order valence-electron chi connectivity index (χ2n) is 4.09. The summed E-state index contributed by atoms with van der Waals surface area (Å²) in [6.45, 7) is 2.14. The summed E-state index contributed by atoms with van der Waals surface area (Å²) in [6.07, 6.45) is 0.763. The van der Waals surface area contributed by atoms with Gasteiger partial charge in [0, 0.05) is 5.92 Å². The van der Waals surface area contributed by atoms with Crippen molar-refractivity contribution in [1.29, 1.82) is 5.26 Å². The normalized spacial score (nSPS) is 25.9. The molecule has 1 aromatic rings. The predicted molar refractivity (Wildman–Crippen MR) is 50.8 cm³/mol. The lowest BCUT2D eigenvalue weighted by atomic mass is 10.2. The molecule has 0 bridgehead atoms. The van der Waals surface area contributed by atoms with Crippen molar-refractivity contribution >= 4 is 0 Å². The van der Waals surface area contributed by atoms with Gasteiger partial charge in [-0.25, -0.2) is 0 Å². The van der Waals surface area contributed by atoms with Crippen LogP contribution >= 0.6 is 0 Å². The van der Waals surface area contributed by atoms with Crippen LogP contribution in [-0.2, 0) is 6.42 Å². The smallest absolute Gasteiger partial charge is 0.229 e. The number of rotatable bonds is 4. The topological polar surface area (TPSA) is 82.9 Å². The second kappa shape index (κ2) is 3.99. The van der Waals surface area contributed by atoms with E-state index in [4.69, 9.17) is 9.78 Å². The number of hydrogen-bond donors (Lipinski definition) is 1. The van der Waals surface area contributed by atoms with Crippen LogP contribution < -0.4 is 0 Å². The molecule has 1 aliphatic carbocycles. The third-order valence-corrected chi connectivity index (χ3v) is 2.66. The van der Waals surface area contributed by atoms with Crippen molar-refractivity contribution in [3.63, 3.8) is 0 Å². The summed E-state index contributed by atoms with van der Waals surface area (Å²) in [5.41, 5.74) is 0. The minimum atomic E-state index is -0.708. The molecule has 0 aromatic carbocycles. The van der Waals surface area contributed by atoms with Crippen LogP contribution in [0, 0.1) is 17.2 Å². The fourth-order valence-electron chi connectivity index (χ4n) is 1.56. The van der Waals surface area contributed by atoms with E-state index < -0.39 is 6.10 Å². The molecule has 2 rings (SSSR count). The van der Waals surface area contributed by atoms with E-state index in [0.29, 0.717) is 17.7 Å². The molecule has 0 radical (unpaired) electrons. The fourth-order valence-corrected chi connectivity index (χ4v) is 1.56. The number of nitrogens with zero attached hydrogens (tertiary/aromatic N) is 3. The quantitative estimate of drug-likeness (QED) is 0.796. The van der Waals surface area contributed by atoms with Crippen LogP contribution in [0.25, 0.3) is 0 Å². The first-order chi connectivity index (χ1) is 7.20. The largest absolute Gasteiger partial charge is 0.392 e. The van der Waals surface area contributed by atoms with Crippen molar-refractivity contribution in [3.05, 3.63) is 11.7 Å². The van der Waals surface area contributed by atoms with E-state index in [1.807, 2.05) is 6.07 Å². The van der Waals surface area contributed by atoms with Gasteiger partial charge in [-0.1, -0.05) is 12.1 Å². The van der Waals surface area contributed by atoms with Crippen LogP contribution in [0.4, 0.5) is 0 Å². The lowest BCUT2D eigenvalue weighted by molar-refractivity contribution is 0.167. The molecule has 3 unspecified atom stereocenters. The minimum absolute atomic E-state index is 0.0948. The first kappa shape index (κ1) is 10.1. The highest BCUT2D eigenvalue weighted by Crippen LogP contribution is 2.45. The van der Waals surface area contributed by atoms with Crippen molar-refractivity contribution in [1.82, 2.24) is 10.1 Å². The van der Waals surface area contributed by atoms with Gasteiger partial charge in [-0.05, 0) is 12.3 Å². The summed E-state index contributed by atoms with van der Waals surface area (Å²) < 4.78 is 5.00. The van der Waals surface area contributed by atoms with E-state index >= 15 is 0 Å². The molecule has 1 heterocycles. The van der Waals surface area contributed by atoms with Crippen LogP contribution in [0.5, 0.6) is 0 Å². The molecule has 5 heteroatoms. The van der Waals surface area contributed by atoms with Gasteiger partial charge in [0.15, 0.2) is 5.82 Å². The highest BCUT2D eigenvalue weighted by Gasteiger charge is 2.38. The van der Waals surface area contributed by atoms with E-state index in [1.165, 1.54) is 0 Å². The van der Waals surface area contributed by atoms with Gasteiger partial charge in [-0.15, -0.1) is 0 Å². The minimum Gasteiger partial charge on any atom is -0.392 e. The number of aliphatic hydroxyl groups is 1. The van der Waals surface area contributed by atoms with Gasteiger partial charge in [0.25, 0.3) is 0 Å². The molecular weight excluding hydrogens is 194 g/mol. The molecule has 15 heavy (non-hydrogen) atoms. The zero-order valence-corrected chi connectivity index (χ0v) is 8.55. The van der Waals surface area contributed by atoms with Gasteiger partial charge in [0.2, 0.25) is 5.89 Å². The Kier molecular flexibility index (Phi) is 2.69. The summed E-state index contributed by atoms with van der Waals surface area (Å²) in [4.78, 5) is 4.20. The van der Waals surface area contributed by atoms with Crippen LogP contribution in [0.15, 0.2) is 4.52 Å². The van der Waals surface area contributed by atoms with Gasteiger partial charge in [0.1, 0.15) is 0 Å². The zero-order valence-electron chi connectivity index (χ0n) is 8.55. The van der Waals surface area contributed by atoms with Gasteiger partial charge >= 0.3 is 0 Å². The lowest BCUT2D eigenvalue weighted by Gasteiger charge is -1.99. The van der Waals surface area contributed by atoms with E-state index in [2.05, 4.69) is 17.1 Å². The zero-order chi connectivity index (χ0) is 10.8. The highest BCUT2D eigenvalue weighted by atomic mass is 16.5. The van der Waals surface area contributed by atoms with Gasteiger partial charge in [-0.3, -0.25) is 0 Å². The molecule has 0 spiro atoms. The Morgan fingerprint density at radius 1 is 1.73 bits per heavy atom. The molecule has 1 fully saturated rings. The van der Waals surface area contributed by atoms with Gasteiger partial charge in [-0.2, -0.15) is 10.2 Å².